The lowest BCUT2D eigenvalue weighted by Gasteiger charge is -2.12. The predicted molar refractivity (Wildman–Crippen MR) is 94.2 cm³/mol. The number of aliphatic hydroxyl groups excluding tert-OH is 1. The molecule has 0 saturated heterocycles. The third-order valence-electron chi connectivity index (χ3n) is 3.63. The smallest absolute Gasteiger partial charge is 0.346 e. The average molecular weight is 363 g/mol. The van der Waals surface area contributed by atoms with Crippen LogP contribution in [0.4, 0.5) is 5.69 Å². The summed E-state index contributed by atoms with van der Waals surface area (Å²) in [6.45, 7) is 2.92. The lowest BCUT2D eigenvalue weighted by atomic mass is 10.1. The lowest BCUT2D eigenvalue weighted by Crippen LogP contribution is -2.19. The number of benzene rings is 1. The Kier molecular flexibility index (Phi) is 7.31. The third kappa shape index (κ3) is 4.68. The summed E-state index contributed by atoms with van der Waals surface area (Å²) >= 11 is 0. The molecule has 0 amide bonds. The molecular formula is C18H23N2O6+. The molecule has 3 N–H and O–H groups in total. The number of carbonyl (C=O) groups is 2. The van der Waals surface area contributed by atoms with Gasteiger partial charge >= 0.3 is 11.9 Å². The first kappa shape index (κ1) is 19.6. The molecule has 0 fully saturated rings. The van der Waals surface area contributed by atoms with E-state index in [1.54, 1.807) is 31.3 Å². The zero-order valence-electron chi connectivity index (χ0n) is 14.8. The highest BCUT2D eigenvalue weighted by molar-refractivity contribution is 6.05. The summed E-state index contributed by atoms with van der Waals surface area (Å²) in [5.74, 6) is -0.946. The maximum atomic E-state index is 12.3. The topological polar surface area (TPSA) is 108 Å². The molecule has 0 saturated carbocycles. The second kappa shape index (κ2) is 9.69. The number of methoxy groups -OCH3 is 1. The molecule has 0 radical (unpaired) electrons. The zero-order chi connectivity index (χ0) is 18.9. The van der Waals surface area contributed by atoms with Crippen LogP contribution in [-0.2, 0) is 14.2 Å². The second-order valence-corrected chi connectivity index (χ2v) is 5.31. The summed E-state index contributed by atoms with van der Waals surface area (Å²) in [5, 5.41) is 12.6. The molecule has 1 aromatic heterocycles. The lowest BCUT2D eigenvalue weighted by molar-refractivity contribution is -0.344. The molecule has 2 aromatic rings. The molecule has 2 rings (SSSR count). The fourth-order valence-corrected chi connectivity index (χ4v) is 2.46. The van der Waals surface area contributed by atoms with Gasteiger partial charge in [-0.2, -0.15) is 0 Å². The number of hydrogen-bond acceptors (Lipinski definition) is 7. The molecule has 0 aliphatic heterocycles. The maximum Gasteiger partial charge on any atom is 0.346 e. The van der Waals surface area contributed by atoms with Gasteiger partial charge in [0.05, 0.1) is 50.2 Å². The number of aromatic amines is 1. The van der Waals surface area contributed by atoms with E-state index in [-0.39, 0.29) is 19.8 Å². The van der Waals surface area contributed by atoms with Gasteiger partial charge in [-0.15, -0.1) is 0 Å². The van der Waals surface area contributed by atoms with Gasteiger partial charge in [0.1, 0.15) is 5.56 Å². The first-order chi connectivity index (χ1) is 12.6. The van der Waals surface area contributed by atoms with Crippen molar-refractivity contribution in [1.82, 2.24) is 0 Å². The summed E-state index contributed by atoms with van der Waals surface area (Å²) in [5.41, 5.74) is 1.97. The van der Waals surface area contributed by atoms with Gasteiger partial charge in [-0.1, -0.05) is 0 Å². The Balaban J connectivity index is 2.42. The quantitative estimate of drug-likeness (QED) is 0.506. The fraction of sp³-hybridized carbons (Fsp3) is 0.389. The van der Waals surface area contributed by atoms with Crippen molar-refractivity contribution in [3.63, 3.8) is 0 Å². The highest BCUT2D eigenvalue weighted by Crippen LogP contribution is 2.26. The van der Waals surface area contributed by atoms with Crippen LogP contribution >= 0.6 is 0 Å². The monoisotopic (exact) mass is 363 g/mol. The normalized spacial score (nSPS) is 10.6. The number of ether oxygens (including phenoxy) is 3. The van der Waals surface area contributed by atoms with Crippen LogP contribution in [0.1, 0.15) is 27.6 Å². The minimum atomic E-state index is -0.479. The van der Waals surface area contributed by atoms with Crippen molar-refractivity contribution in [2.24, 2.45) is 0 Å². The van der Waals surface area contributed by atoms with Crippen molar-refractivity contribution in [2.45, 2.75) is 6.92 Å². The Bertz CT molecular complexity index is 778. The van der Waals surface area contributed by atoms with E-state index in [1.165, 1.54) is 7.11 Å². The number of anilines is 1. The van der Waals surface area contributed by atoms with Gasteiger partial charge in [0.2, 0.25) is 5.52 Å². The van der Waals surface area contributed by atoms with E-state index in [1.807, 2.05) is 0 Å². The number of hydrogen-bond donors (Lipinski definition) is 2. The van der Waals surface area contributed by atoms with Crippen LogP contribution in [0.3, 0.4) is 0 Å². The Hall–Kier alpha value is -2.71. The third-order valence-corrected chi connectivity index (χ3v) is 3.63. The SMILES string of the molecule is CCOC(=O)c1c[nH+]c2ccc(C(=O)OC)cc2c1NCCOCCO. The molecule has 0 atom stereocenters. The van der Waals surface area contributed by atoms with Crippen LogP contribution in [0.2, 0.25) is 0 Å². The van der Waals surface area contributed by atoms with Gasteiger partial charge in [-0.25, -0.2) is 14.6 Å². The van der Waals surface area contributed by atoms with Crippen molar-refractivity contribution >= 4 is 28.5 Å². The summed E-state index contributed by atoms with van der Waals surface area (Å²) in [4.78, 5) is 27.2. The minimum Gasteiger partial charge on any atom is -0.465 e. The van der Waals surface area contributed by atoms with Gasteiger partial charge in [0, 0.05) is 12.6 Å². The number of H-pyrrole nitrogens is 1. The van der Waals surface area contributed by atoms with Gasteiger partial charge in [-0.05, 0) is 19.1 Å². The van der Waals surface area contributed by atoms with Crippen molar-refractivity contribution in [3.05, 3.63) is 35.5 Å². The number of fused-ring (bicyclic) bond motifs is 1. The molecule has 0 aliphatic carbocycles. The molecule has 8 heteroatoms. The Morgan fingerprint density at radius 2 is 2.04 bits per heavy atom. The van der Waals surface area contributed by atoms with Gasteiger partial charge < -0.3 is 24.6 Å². The number of esters is 2. The minimum absolute atomic E-state index is 0.0558. The molecule has 26 heavy (non-hydrogen) atoms. The van der Waals surface area contributed by atoms with Crippen LogP contribution in [0, 0.1) is 0 Å². The number of pyridine rings is 1. The Morgan fingerprint density at radius 1 is 1.23 bits per heavy atom. The van der Waals surface area contributed by atoms with E-state index in [9.17, 15) is 9.59 Å². The first-order valence-electron chi connectivity index (χ1n) is 8.28. The molecule has 1 aromatic carbocycles. The van der Waals surface area contributed by atoms with Gasteiger partial charge in [0.15, 0.2) is 6.20 Å². The van der Waals surface area contributed by atoms with Crippen LogP contribution in [0.15, 0.2) is 24.4 Å². The van der Waals surface area contributed by atoms with E-state index in [0.29, 0.717) is 35.4 Å². The maximum absolute atomic E-state index is 12.3. The molecule has 0 bridgehead atoms. The standard InChI is InChI=1S/C18H22N2O6/c1-3-26-18(23)14-11-20-15-5-4-12(17(22)24-2)10-13(15)16(14)19-6-8-25-9-7-21/h4-5,10-11,21H,3,6-9H2,1-2H3,(H,19,20)/p+1. The highest BCUT2D eigenvalue weighted by atomic mass is 16.5. The summed E-state index contributed by atoms with van der Waals surface area (Å²) in [6.07, 6.45) is 1.56. The Morgan fingerprint density at radius 3 is 2.73 bits per heavy atom. The number of carbonyl (C=O) groups excluding carboxylic acids is 2. The first-order valence-corrected chi connectivity index (χ1v) is 8.28. The van der Waals surface area contributed by atoms with E-state index in [4.69, 9.17) is 19.3 Å². The van der Waals surface area contributed by atoms with Gasteiger partial charge in [-0.3, -0.25) is 0 Å². The van der Waals surface area contributed by atoms with Crippen molar-refractivity contribution < 1.29 is 33.9 Å². The summed E-state index contributed by atoms with van der Waals surface area (Å²) < 4.78 is 15.1. The van der Waals surface area contributed by atoms with Gasteiger partial charge in [0.25, 0.3) is 0 Å². The van der Waals surface area contributed by atoms with Crippen molar-refractivity contribution in [1.29, 1.82) is 0 Å². The van der Waals surface area contributed by atoms with Crippen LogP contribution in [0.5, 0.6) is 0 Å². The van der Waals surface area contributed by atoms with Crippen LogP contribution in [-0.4, -0.2) is 57.1 Å². The zero-order valence-corrected chi connectivity index (χ0v) is 14.8. The van der Waals surface area contributed by atoms with E-state index < -0.39 is 11.9 Å². The number of aliphatic hydroxyl groups is 1. The van der Waals surface area contributed by atoms with Crippen molar-refractivity contribution in [2.75, 3.05) is 45.4 Å². The number of nitrogens with one attached hydrogen (secondary N) is 2. The number of aromatic nitrogens is 1. The summed E-state index contributed by atoms with van der Waals surface area (Å²) in [7, 11) is 1.31. The molecule has 0 aliphatic rings. The van der Waals surface area contributed by atoms with Crippen LogP contribution < -0.4 is 10.3 Å². The Labute approximate surface area is 151 Å². The van der Waals surface area contributed by atoms with E-state index >= 15 is 0 Å². The highest BCUT2D eigenvalue weighted by Gasteiger charge is 2.21. The van der Waals surface area contributed by atoms with Crippen molar-refractivity contribution in [3.8, 4) is 0 Å². The molecule has 140 valence electrons. The largest absolute Gasteiger partial charge is 0.465 e. The molecule has 1 heterocycles. The molecule has 0 unspecified atom stereocenters. The fourth-order valence-electron chi connectivity index (χ4n) is 2.46. The summed E-state index contributed by atoms with van der Waals surface area (Å²) in [6, 6.07) is 5.03. The molecular weight excluding hydrogens is 340 g/mol. The number of rotatable bonds is 9. The molecule has 0 spiro atoms. The van der Waals surface area contributed by atoms with Crippen LogP contribution in [0.25, 0.3) is 10.9 Å². The second-order valence-electron chi connectivity index (χ2n) is 5.31. The predicted octanol–water partition coefficient (Wildman–Crippen LogP) is 1.04. The molecule has 8 nitrogen and oxygen atoms in total. The van der Waals surface area contributed by atoms with E-state index in [2.05, 4.69) is 10.3 Å². The van der Waals surface area contributed by atoms with E-state index in [0.717, 1.165) is 5.52 Å². The average Bonchev–Trinajstić information content (AvgIpc) is 2.66.